The number of esters is 1. The van der Waals surface area contributed by atoms with Gasteiger partial charge in [-0.05, 0) is 90.5 Å². The first-order valence-electron chi connectivity index (χ1n) is 16.6. The number of nitrogen functional groups attached to an aromatic ring is 1. The number of nitrogens with zero attached hydrogens (tertiary/aromatic N) is 1. The van der Waals surface area contributed by atoms with Crippen LogP contribution < -0.4 is 19.9 Å². The van der Waals surface area contributed by atoms with Crippen LogP contribution in [0.1, 0.15) is 78.5 Å². The highest BCUT2D eigenvalue weighted by Crippen LogP contribution is 2.62. The van der Waals surface area contributed by atoms with Crippen molar-refractivity contribution in [1.82, 2.24) is 4.98 Å². The van der Waals surface area contributed by atoms with E-state index in [0.717, 1.165) is 83.2 Å². The molecule has 4 unspecified atom stereocenters. The lowest BCUT2D eigenvalue weighted by Crippen LogP contribution is -2.31. The standard InChI is InChI=1S/C39H42N2O7/c1-5-24-13-23(19-41-38(24)40)12-22-10-11-39(17-22)18-26-14-27(43)16-33(46-4)34(26)29-8-7-28-30(20-47-21(2)42)36(48-37(28)35(29)39)25-6-9-31(44)32(15-25)45-3/h6-9,13-16,19,22,30,36,43-44H,5,10-12,17-18,20H2,1-4H3,(H2,40,41). The van der Waals surface area contributed by atoms with E-state index < -0.39 is 6.10 Å². The summed E-state index contributed by atoms with van der Waals surface area (Å²) >= 11 is 0. The van der Waals surface area contributed by atoms with Gasteiger partial charge in [0, 0.05) is 41.3 Å². The Morgan fingerprint density at radius 1 is 1.08 bits per heavy atom. The lowest BCUT2D eigenvalue weighted by atomic mass is 9.65. The molecule has 48 heavy (non-hydrogen) atoms. The quantitative estimate of drug-likeness (QED) is 0.174. The molecular weight excluding hydrogens is 608 g/mol. The molecule has 250 valence electrons. The van der Waals surface area contributed by atoms with Gasteiger partial charge in [0.25, 0.3) is 0 Å². The Balaban J connectivity index is 1.36. The fourth-order valence-corrected chi connectivity index (χ4v) is 8.49. The minimum absolute atomic E-state index is 0.0379. The topological polar surface area (TPSA) is 133 Å². The Hall–Kier alpha value is -4.92. The minimum Gasteiger partial charge on any atom is -0.508 e. The Kier molecular flexibility index (Phi) is 8.09. The molecule has 2 aliphatic carbocycles. The summed E-state index contributed by atoms with van der Waals surface area (Å²) < 4.78 is 24.0. The predicted molar refractivity (Wildman–Crippen MR) is 182 cm³/mol. The third kappa shape index (κ3) is 5.35. The number of benzene rings is 3. The zero-order valence-electron chi connectivity index (χ0n) is 27.8. The zero-order valence-corrected chi connectivity index (χ0v) is 27.8. The van der Waals surface area contributed by atoms with Crippen molar-refractivity contribution in [2.75, 3.05) is 26.6 Å². The van der Waals surface area contributed by atoms with E-state index in [0.29, 0.717) is 23.2 Å². The fraction of sp³-hybridized carbons (Fsp3) is 0.385. The van der Waals surface area contributed by atoms with Gasteiger partial charge < -0.3 is 34.9 Å². The Morgan fingerprint density at radius 2 is 1.90 bits per heavy atom. The summed E-state index contributed by atoms with van der Waals surface area (Å²) in [6.45, 7) is 3.65. The Morgan fingerprint density at radius 3 is 2.65 bits per heavy atom. The first kappa shape index (κ1) is 31.7. The molecule has 3 aliphatic rings. The van der Waals surface area contributed by atoms with Crippen molar-refractivity contribution in [2.24, 2.45) is 5.92 Å². The van der Waals surface area contributed by atoms with Crippen molar-refractivity contribution in [3.05, 3.63) is 88.1 Å². The van der Waals surface area contributed by atoms with Gasteiger partial charge in [-0.3, -0.25) is 4.79 Å². The predicted octanol–water partition coefficient (Wildman–Crippen LogP) is 6.94. The molecule has 2 heterocycles. The number of fused-ring (bicyclic) bond motifs is 6. The molecule has 1 spiro atoms. The van der Waals surface area contributed by atoms with Crippen LogP contribution in [-0.4, -0.2) is 42.0 Å². The van der Waals surface area contributed by atoms with Crippen LogP contribution in [0.15, 0.2) is 54.7 Å². The number of hydrogen-bond donors (Lipinski definition) is 3. The molecule has 9 nitrogen and oxygen atoms in total. The van der Waals surface area contributed by atoms with Gasteiger partial charge in [-0.1, -0.05) is 31.2 Å². The molecule has 4 atom stereocenters. The normalized spacial score (nSPS) is 22.0. The SMILES string of the molecule is CCc1cc(CC2CCC3(Cc4cc(O)cc(OC)c4-c4ccc5c(c43)OC(c3ccc(O)c(OC)c3)C5COC(C)=O)C2)cnc1N. The lowest BCUT2D eigenvalue weighted by Gasteiger charge is -2.39. The molecule has 7 rings (SSSR count). The van der Waals surface area contributed by atoms with E-state index in [4.69, 9.17) is 24.7 Å². The van der Waals surface area contributed by atoms with E-state index >= 15 is 0 Å². The fourth-order valence-electron chi connectivity index (χ4n) is 8.49. The Bertz CT molecular complexity index is 1910. The van der Waals surface area contributed by atoms with Crippen molar-refractivity contribution >= 4 is 11.8 Å². The van der Waals surface area contributed by atoms with Gasteiger partial charge in [0.15, 0.2) is 11.5 Å². The van der Waals surface area contributed by atoms with E-state index in [1.807, 2.05) is 18.3 Å². The maximum absolute atomic E-state index is 12.1. The molecule has 0 bridgehead atoms. The summed E-state index contributed by atoms with van der Waals surface area (Å²) in [4.78, 5) is 16.5. The van der Waals surface area contributed by atoms with Gasteiger partial charge in [-0.2, -0.15) is 0 Å². The van der Waals surface area contributed by atoms with Crippen LogP contribution >= 0.6 is 0 Å². The maximum atomic E-state index is 12.1. The second-order valence-corrected chi connectivity index (χ2v) is 13.5. The second-order valence-electron chi connectivity index (χ2n) is 13.5. The van der Waals surface area contributed by atoms with Gasteiger partial charge in [0.1, 0.15) is 35.8 Å². The number of aryl methyl sites for hydroxylation is 1. The average molecular weight is 651 g/mol. The molecule has 1 aliphatic heterocycles. The van der Waals surface area contributed by atoms with Crippen LogP contribution in [-0.2, 0) is 34.2 Å². The van der Waals surface area contributed by atoms with Gasteiger partial charge >= 0.3 is 5.97 Å². The summed E-state index contributed by atoms with van der Waals surface area (Å²) in [7, 11) is 3.14. The van der Waals surface area contributed by atoms with Crippen molar-refractivity contribution in [3.8, 4) is 39.9 Å². The summed E-state index contributed by atoms with van der Waals surface area (Å²) in [6, 6.07) is 15.2. The van der Waals surface area contributed by atoms with Gasteiger partial charge in [0.2, 0.25) is 0 Å². The third-order valence-corrected chi connectivity index (χ3v) is 10.6. The number of hydrogen-bond acceptors (Lipinski definition) is 9. The first-order chi connectivity index (χ1) is 23.1. The summed E-state index contributed by atoms with van der Waals surface area (Å²) in [5.74, 6) is 2.34. The van der Waals surface area contributed by atoms with Crippen molar-refractivity contribution in [1.29, 1.82) is 0 Å². The molecule has 4 aromatic rings. The monoisotopic (exact) mass is 650 g/mol. The molecule has 1 saturated carbocycles. The number of aromatic hydroxyl groups is 2. The van der Waals surface area contributed by atoms with E-state index in [2.05, 4.69) is 30.1 Å². The number of anilines is 1. The number of carbonyl (C=O) groups excluding carboxylic acids is 1. The molecule has 3 aromatic carbocycles. The van der Waals surface area contributed by atoms with E-state index in [-0.39, 0.29) is 35.4 Å². The van der Waals surface area contributed by atoms with E-state index in [1.165, 1.54) is 19.6 Å². The van der Waals surface area contributed by atoms with Crippen LogP contribution in [0.25, 0.3) is 11.1 Å². The average Bonchev–Trinajstić information content (AvgIpc) is 3.65. The summed E-state index contributed by atoms with van der Waals surface area (Å²) in [6.07, 6.45) is 6.78. The van der Waals surface area contributed by atoms with E-state index in [1.54, 1.807) is 25.3 Å². The van der Waals surface area contributed by atoms with Gasteiger partial charge in [0.05, 0.1) is 20.1 Å². The van der Waals surface area contributed by atoms with Crippen LogP contribution in [0.4, 0.5) is 5.82 Å². The van der Waals surface area contributed by atoms with Crippen molar-refractivity contribution in [2.45, 2.75) is 69.8 Å². The minimum atomic E-state index is -0.481. The largest absolute Gasteiger partial charge is 0.508 e. The summed E-state index contributed by atoms with van der Waals surface area (Å²) in [5.41, 5.74) is 14.1. The highest BCUT2D eigenvalue weighted by Gasteiger charge is 2.50. The number of nitrogens with two attached hydrogens (primary N) is 1. The van der Waals surface area contributed by atoms with Crippen molar-refractivity contribution in [3.63, 3.8) is 0 Å². The number of ether oxygens (including phenoxy) is 4. The number of rotatable bonds is 8. The smallest absolute Gasteiger partial charge is 0.302 e. The third-order valence-electron chi connectivity index (χ3n) is 10.6. The molecular formula is C39H42N2O7. The number of phenolic OH excluding ortho intramolecular Hbond substituents is 2. The number of aromatic nitrogens is 1. The number of carbonyl (C=O) groups is 1. The Labute approximate surface area is 280 Å². The lowest BCUT2D eigenvalue weighted by molar-refractivity contribution is -0.141. The molecule has 0 saturated heterocycles. The van der Waals surface area contributed by atoms with Crippen LogP contribution in [0.5, 0.6) is 28.7 Å². The molecule has 1 fully saturated rings. The highest BCUT2D eigenvalue weighted by atomic mass is 16.5. The molecule has 0 radical (unpaired) electrons. The summed E-state index contributed by atoms with van der Waals surface area (Å²) in [5, 5.41) is 21.1. The van der Waals surface area contributed by atoms with Crippen molar-refractivity contribution < 1.29 is 34.0 Å². The zero-order chi connectivity index (χ0) is 33.7. The van der Waals surface area contributed by atoms with Gasteiger partial charge in [-0.15, -0.1) is 0 Å². The maximum Gasteiger partial charge on any atom is 0.302 e. The second kappa shape index (κ2) is 12.3. The number of pyridine rings is 1. The van der Waals surface area contributed by atoms with Crippen LogP contribution in [0, 0.1) is 5.92 Å². The van der Waals surface area contributed by atoms with Crippen LogP contribution in [0.3, 0.4) is 0 Å². The van der Waals surface area contributed by atoms with Crippen LogP contribution in [0.2, 0.25) is 0 Å². The number of methoxy groups -OCH3 is 2. The number of phenols is 2. The first-order valence-corrected chi connectivity index (χ1v) is 16.6. The molecule has 4 N–H and O–H groups in total. The van der Waals surface area contributed by atoms with Gasteiger partial charge in [-0.25, -0.2) is 4.98 Å². The molecule has 9 heteroatoms. The molecule has 0 amide bonds. The molecule has 1 aromatic heterocycles. The highest BCUT2D eigenvalue weighted by molar-refractivity contribution is 5.84. The van der Waals surface area contributed by atoms with E-state index in [9.17, 15) is 15.0 Å².